The highest BCUT2D eigenvalue weighted by Crippen LogP contribution is 2.32. The fourth-order valence-electron chi connectivity index (χ4n) is 1.63. The van der Waals surface area contributed by atoms with Crippen LogP contribution in [0, 0.1) is 0 Å². The molecule has 1 N–H and O–H groups in total. The highest BCUT2D eigenvalue weighted by Gasteiger charge is 2.06. The normalized spacial score (nSPS) is 10.8. The van der Waals surface area contributed by atoms with Crippen molar-refractivity contribution in [1.29, 1.82) is 0 Å². The van der Waals surface area contributed by atoms with E-state index in [0.29, 0.717) is 10.0 Å². The average Bonchev–Trinajstić information content (AvgIpc) is 2.75. The molecule has 0 spiro atoms. The minimum absolute atomic E-state index is 0.585. The molecule has 0 aliphatic rings. The molecular formula is C13H8Cl2N2S. The molecule has 0 radical (unpaired) electrons. The van der Waals surface area contributed by atoms with E-state index in [1.165, 1.54) is 0 Å². The molecule has 0 amide bonds. The Balaban J connectivity index is 1.96. The van der Waals surface area contributed by atoms with Gasteiger partial charge < -0.3 is 5.32 Å². The van der Waals surface area contributed by atoms with Gasteiger partial charge in [-0.1, -0.05) is 46.7 Å². The molecule has 18 heavy (non-hydrogen) atoms. The summed E-state index contributed by atoms with van der Waals surface area (Å²) >= 11 is 13.6. The lowest BCUT2D eigenvalue weighted by Crippen LogP contribution is -1.89. The van der Waals surface area contributed by atoms with Gasteiger partial charge in [0.05, 0.1) is 20.9 Å². The lowest BCUT2D eigenvalue weighted by molar-refractivity contribution is 1.44. The van der Waals surface area contributed by atoms with E-state index in [4.69, 9.17) is 23.2 Å². The molecule has 0 saturated carbocycles. The maximum atomic E-state index is 6.11. The summed E-state index contributed by atoms with van der Waals surface area (Å²) in [7, 11) is 0. The number of halogens is 2. The van der Waals surface area contributed by atoms with Gasteiger partial charge in [0.1, 0.15) is 0 Å². The van der Waals surface area contributed by atoms with Gasteiger partial charge in [-0.15, -0.1) is 0 Å². The number of hydrogen-bond acceptors (Lipinski definition) is 3. The van der Waals surface area contributed by atoms with Crippen LogP contribution in [0.2, 0.25) is 10.0 Å². The molecule has 3 aromatic rings. The molecule has 0 fully saturated rings. The average molecular weight is 295 g/mol. The minimum Gasteiger partial charge on any atom is -0.330 e. The maximum absolute atomic E-state index is 6.11. The molecule has 0 bridgehead atoms. The summed E-state index contributed by atoms with van der Waals surface area (Å²) < 4.78 is 1.14. The Labute approximate surface area is 118 Å². The zero-order valence-corrected chi connectivity index (χ0v) is 11.5. The highest BCUT2D eigenvalue weighted by atomic mass is 35.5. The summed E-state index contributed by atoms with van der Waals surface area (Å²) in [6.07, 6.45) is 0. The smallest absolute Gasteiger partial charge is 0.188 e. The van der Waals surface area contributed by atoms with Crippen LogP contribution in [-0.2, 0) is 0 Å². The standard InChI is InChI=1S/C13H8Cl2N2S/c14-8-5-6-10(9(15)7-8)16-13-17-11-3-1-2-4-12(11)18-13/h1-7H,(H,16,17). The quantitative estimate of drug-likeness (QED) is 0.689. The van der Waals surface area contributed by atoms with Gasteiger partial charge in [0, 0.05) is 5.02 Å². The Morgan fingerprint density at radius 3 is 2.67 bits per heavy atom. The van der Waals surface area contributed by atoms with Crippen molar-refractivity contribution in [2.24, 2.45) is 0 Å². The van der Waals surface area contributed by atoms with Crippen LogP contribution in [0.5, 0.6) is 0 Å². The van der Waals surface area contributed by atoms with Gasteiger partial charge in [-0.2, -0.15) is 0 Å². The van der Waals surface area contributed by atoms with Crippen LogP contribution in [0.1, 0.15) is 0 Å². The Bertz CT molecular complexity index is 676. The van der Waals surface area contributed by atoms with Crippen LogP contribution in [0.4, 0.5) is 10.8 Å². The summed E-state index contributed by atoms with van der Waals surface area (Å²) in [4.78, 5) is 4.49. The third-order valence-electron chi connectivity index (χ3n) is 2.47. The van der Waals surface area contributed by atoms with Crippen LogP contribution in [0.15, 0.2) is 42.5 Å². The van der Waals surface area contributed by atoms with Crippen LogP contribution in [-0.4, -0.2) is 4.98 Å². The lowest BCUT2D eigenvalue weighted by Gasteiger charge is -2.04. The van der Waals surface area contributed by atoms with E-state index < -0.39 is 0 Å². The summed E-state index contributed by atoms with van der Waals surface area (Å²) in [5.74, 6) is 0. The van der Waals surface area contributed by atoms with Crippen molar-refractivity contribution in [2.75, 3.05) is 5.32 Å². The summed E-state index contributed by atoms with van der Waals surface area (Å²) in [6, 6.07) is 13.3. The first kappa shape index (κ1) is 11.8. The van der Waals surface area contributed by atoms with Crippen molar-refractivity contribution in [3.63, 3.8) is 0 Å². The number of hydrogen-bond donors (Lipinski definition) is 1. The number of aromatic nitrogens is 1. The fourth-order valence-corrected chi connectivity index (χ4v) is 2.97. The molecule has 5 heteroatoms. The number of rotatable bonds is 2. The first-order chi connectivity index (χ1) is 8.72. The van der Waals surface area contributed by atoms with Crippen molar-refractivity contribution in [2.45, 2.75) is 0 Å². The van der Waals surface area contributed by atoms with E-state index in [-0.39, 0.29) is 0 Å². The van der Waals surface area contributed by atoms with Gasteiger partial charge in [-0.3, -0.25) is 0 Å². The van der Waals surface area contributed by atoms with Crippen molar-refractivity contribution < 1.29 is 0 Å². The first-order valence-corrected chi connectivity index (χ1v) is 6.87. The van der Waals surface area contributed by atoms with Crippen LogP contribution < -0.4 is 5.32 Å². The van der Waals surface area contributed by atoms with Gasteiger partial charge in [0.2, 0.25) is 0 Å². The van der Waals surface area contributed by atoms with Crippen molar-refractivity contribution in [3.8, 4) is 0 Å². The lowest BCUT2D eigenvalue weighted by atomic mass is 10.3. The summed E-state index contributed by atoms with van der Waals surface area (Å²) in [6.45, 7) is 0. The number of nitrogens with zero attached hydrogens (tertiary/aromatic N) is 1. The zero-order valence-electron chi connectivity index (χ0n) is 9.15. The third kappa shape index (κ3) is 2.29. The second-order valence-electron chi connectivity index (χ2n) is 3.74. The first-order valence-electron chi connectivity index (χ1n) is 5.30. The maximum Gasteiger partial charge on any atom is 0.188 e. The Morgan fingerprint density at radius 1 is 1.06 bits per heavy atom. The molecule has 1 heterocycles. The topological polar surface area (TPSA) is 24.9 Å². The summed E-state index contributed by atoms with van der Waals surface area (Å²) in [5.41, 5.74) is 1.79. The minimum atomic E-state index is 0.585. The fraction of sp³-hybridized carbons (Fsp3) is 0. The molecule has 0 atom stereocenters. The molecule has 0 saturated heterocycles. The second-order valence-corrected chi connectivity index (χ2v) is 5.61. The third-order valence-corrected chi connectivity index (χ3v) is 3.97. The number of nitrogens with one attached hydrogen (secondary N) is 1. The van der Waals surface area contributed by atoms with Crippen LogP contribution in [0.25, 0.3) is 10.2 Å². The van der Waals surface area contributed by atoms with E-state index in [0.717, 1.165) is 21.0 Å². The highest BCUT2D eigenvalue weighted by molar-refractivity contribution is 7.22. The number of thiazole rings is 1. The molecule has 0 aliphatic carbocycles. The molecule has 90 valence electrons. The van der Waals surface area contributed by atoms with Crippen LogP contribution >= 0.6 is 34.5 Å². The molecule has 3 rings (SSSR count). The predicted octanol–water partition coefficient (Wildman–Crippen LogP) is 5.35. The molecule has 1 aromatic heterocycles. The number of para-hydroxylation sites is 1. The van der Waals surface area contributed by atoms with Gasteiger partial charge >= 0.3 is 0 Å². The largest absolute Gasteiger partial charge is 0.330 e. The van der Waals surface area contributed by atoms with Gasteiger partial charge in [0.15, 0.2) is 5.13 Å². The molecule has 0 aliphatic heterocycles. The van der Waals surface area contributed by atoms with E-state index >= 15 is 0 Å². The Kier molecular flexibility index (Phi) is 3.12. The summed E-state index contributed by atoms with van der Waals surface area (Å²) in [5, 5.41) is 5.23. The monoisotopic (exact) mass is 294 g/mol. The van der Waals surface area contributed by atoms with Crippen LogP contribution in [0.3, 0.4) is 0 Å². The van der Waals surface area contributed by atoms with E-state index in [9.17, 15) is 0 Å². The molecule has 2 aromatic carbocycles. The van der Waals surface area contributed by atoms with Crippen molar-refractivity contribution in [3.05, 3.63) is 52.5 Å². The number of fused-ring (bicyclic) bond motifs is 1. The SMILES string of the molecule is Clc1ccc(Nc2nc3ccccc3s2)c(Cl)c1. The predicted molar refractivity (Wildman–Crippen MR) is 79.4 cm³/mol. The van der Waals surface area contributed by atoms with Gasteiger partial charge in [-0.25, -0.2) is 4.98 Å². The van der Waals surface area contributed by atoms with Gasteiger partial charge in [0.25, 0.3) is 0 Å². The second kappa shape index (κ2) is 4.76. The number of benzene rings is 2. The van der Waals surface area contributed by atoms with Crippen molar-refractivity contribution in [1.82, 2.24) is 4.98 Å². The van der Waals surface area contributed by atoms with E-state index in [1.54, 1.807) is 23.5 Å². The Morgan fingerprint density at radius 2 is 1.89 bits per heavy atom. The Hall–Kier alpha value is -1.29. The molecule has 2 nitrogen and oxygen atoms in total. The van der Waals surface area contributed by atoms with Gasteiger partial charge in [-0.05, 0) is 30.3 Å². The van der Waals surface area contributed by atoms with E-state index in [1.807, 2.05) is 30.3 Å². The number of anilines is 2. The molecular weight excluding hydrogens is 287 g/mol. The molecule has 0 unspecified atom stereocenters. The van der Waals surface area contributed by atoms with E-state index in [2.05, 4.69) is 10.3 Å². The zero-order chi connectivity index (χ0) is 12.5. The van der Waals surface area contributed by atoms with Crippen molar-refractivity contribution >= 4 is 55.6 Å².